The van der Waals surface area contributed by atoms with Gasteiger partial charge < -0.3 is 89.6 Å². The summed E-state index contributed by atoms with van der Waals surface area (Å²) in [5, 5.41) is 115. The molecule has 0 atom stereocenters. The Bertz CT molecular complexity index is 4070. The summed E-state index contributed by atoms with van der Waals surface area (Å²) < 4.78 is 80.4. The molecule has 3 saturated heterocycles. The summed E-state index contributed by atoms with van der Waals surface area (Å²) >= 11 is 10.6. The predicted octanol–water partition coefficient (Wildman–Crippen LogP) is 2.34. The maximum Gasteiger partial charge on any atom is 0.282 e. The van der Waals surface area contributed by atoms with Gasteiger partial charge in [-0.05, 0) is 96.5 Å². The van der Waals surface area contributed by atoms with Crippen LogP contribution in [0.5, 0.6) is 0 Å². The number of carbonyl (C=O) groups is 5. The minimum atomic E-state index is -8.55. The monoisotopic (exact) mass is 1630 g/mol. The van der Waals surface area contributed by atoms with Crippen molar-refractivity contribution in [3.63, 3.8) is 0 Å². The largest absolute Gasteiger partial charge is 1.00 e. The second kappa shape index (κ2) is 57.1. The molecule has 10 rings (SSSR count). The van der Waals surface area contributed by atoms with Crippen molar-refractivity contribution in [2.45, 2.75) is 27.7 Å². The standard InChI is InChI=1S/C8H17N2O.C7H14N2O2.C7H11NO5.C6H4ClN3O.C6H5N3O.C5H4N4O.C5H6N2O3.C5H5NO2.C4H9NO.C3H6ClNO.C3HN3O.F5P.FH/c1-8(9(2)3)10-4-6-11-7-5-10;1-8(2)7(10)9-3-5-11-6-4-9;1-3-12-6(9)5(8-11)7(10)13-4-2;7-4-1-2-5-6(3-4)10(11)9-8-5;10-9-6-4-2-1-3-5(6)7-8-9;10-9-5-4(7-8-9)2-1-3-6-5;1-2-10-5(8)4(3-6)7-9;7-5-3-1-2-4-6(5)8;1-3-6-4-2-5-1;1-5(2)3(4)6;4-1-3(2-5)6-7;1-6(2,3,4)5;/h4-7H2,1-3H3;3-6H2,1-2H3;11H,3-4H2,1-2H3;1-3,11H;1-4,10H;1-3,10H;9H,2H2,1H3;1-4,8H;5H,1-4H2;1-2H3;7H;;1H/q+1;;;;;;;;;;;;/p-1. The topological polar surface area (TPSA) is 546 Å². The second-order valence-corrected chi connectivity index (χ2v) is 22.1. The molecule has 3 aliphatic heterocycles. The van der Waals surface area contributed by atoms with Gasteiger partial charge in [0.1, 0.15) is 58.9 Å². The van der Waals surface area contributed by atoms with E-state index in [4.69, 9.17) is 89.6 Å². The number of rotatable bonds is 6. The molecule has 0 bridgehead atoms. The number of ether oxygens (including phenoxy) is 6. The molecule has 3 amide bonds. The summed E-state index contributed by atoms with van der Waals surface area (Å²) in [6.07, 6.45) is 2.85. The maximum absolute atomic E-state index is 11.3. The number of morpholine rings is 3. The van der Waals surface area contributed by atoms with Crippen LogP contribution in [0.25, 0.3) is 33.2 Å². The van der Waals surface area contributed by atoms with Gasteiger partial charge in [0.15, 0.2) is 0 Å². The van der Waals surface area contributed by atoms with E-state index in [0.717, 1.165) is 70.5 Å². The molecule has 3 fully saturated rings. The van der Waals surface area contributed by atoms with Crippen molar-refractivity contribution in [1.82, 2.24) is 80.1 Å². The third-order valence-corrected chi connectivity index (χ3v) is 12.3. The zero-order valence-corrected chi connectivity index (χ0v) is 62.9. The van der Waals surface area contributed by atoms with Crippen LogP contribution in [0.2, 0.25) is 5.02 Å². The van der Waals surface area contributed by atoms with Crippen molar-refractivity contribution in [1.29, 1.82) is 15.8 Å². The van der Waals surface area contributed by atoms with Gasteiger partial charge in [-0.15, -0.1) is 15.3 Å². The fraction of sp³-hybridized carbons (Fsp3) is 0.424. The van der Waals surface area contributed by atoms with Gasteiger partial charge in [0.05, 0.1) is 73.6 Å². The molecule has 51 heteroatoms. The molecule has 0 saturated carbocycles. The van der Waals surface area contributed by atoms with E-state index in [1.54, 1.807) is 120 Å². The average molecular weight is 1630 g/mol. The Morgan fingerprint density at radius 3 is 1.45 bits per heavy atom. The van der Waals surface area contributed by atoms with E-state index in [1.807, 2.05) is 12.1 Å². The van der Waals surface area contributed by atoms with Crippen molar-refractivity contribution in [2.75, 3.05) is 141 Å². The van der Waals surface area contributed by atoms with E-state index in [-0.39, 0.29) is 30.6 Å². The molecule has 8 heterocycles. The van der Waals surface area contributed by atoms with E-state index >= 15 is 0 Å². The van der Waals surface area contributed by atoms with Gasteiger partial charge in [-0.3, -0.25) is 19.1 Å². The normalized spacial score (nSPS) is 12.3. The number of benzene rings is 2. The summed E-state index contributed by atoms with van der Waals surface area (Å²) in [6, 6.07) is 24.2. The molecule has 0 spiro atoms. The first kappa shape index (κ1) is 102. The van der Waals surface area contributed by atoms with Crippen LogP contribution >= 0.6 is 31.4 Å². The number of para-hydroxylation sites is 1. The van der Waals surface area contributed by atoms with Gasteiger partial charge in [0.2, 0.25) is 11.5 Å². The third kappa shape index (κ3) is 46.7. The molecule has 0 radical (unpaired) electrons. The summed E-state index contributed by atoms with van der Waals surface area (Å²) in [6.45, 7) is 17.6. The molecular weight excluding hydrogens is 1550 g/mol. The predicted molar refractivity (Wildman–Crippen MR) is 377 cm³/mol. The Kier molecular flexibility index (Phi) is 53.0. The SMILES string of the molecule is C1COCCN1.CC(N1CCOCC1)=[N+](C)C.CCOC(=O)C(=NO)C(=O)OCC.CCOC(=O)C(C#N)=NO.CN(C)C(=O)Cl.CN(C)C(=O)N1CCOCC1.FP(F)(F)(F)F.N#CC(C#N)=NO.O=c1ccccn1O.On1nnc2ccc(Cl)cc21.On1nnc2ccccc21.On1nnc2cccnc21.[F-]. The number of nitrogens with zero attached hydrogens (tertiary/aromatic N) is 22. The Morgan fingerprint density at radius 1 is 0.627 bits per heavy atom. The first-order valence-electron chi connectivity index (χ1n) is 30.9. The molecule has 0 aliphatic carbocycles. The fourth-order valence-electron chi connectivity index (χ4n) is 6.57. The Labute approximate surface area is 632 Å². The number of urea groups is 1. The number of esters is 3. The summed E-state index contributed by atoms with van der Waals surface area (Å²) in [5.41, 5.74) is 1.10. The number of fused-ring (bicyclic) bond motifs is 3. The number of amidine groups is 1. The molecular formula is C59H82Cl2F6N23O19P. The van der Waals surface area contributed by atoms with Crippen LogP contribution in [-0.2, 0) is 42.8 Å². The van der Waals surface area contributed by atoms with Gasteiger partial charge in [0, 0.05) is 84.8 Å². The number of carbonyl (C=O) groups excluding carboxylic acids is 5. The molecule has 7 aromatic rings. The van der Waals surface area contributed by atoms with E-state index in [0.29, 0.717) is 65.9 Å². The summed E-state index contributed by atoms with van der Waals surface area (Å²) in [7, 11) is 2.31. The van der Waals surface area contributed by atoms with Gasteiger partial charge in [-0.25, -0.2) is 24.2 Å². The second-order valence-electron chi connectivity index (χ2n) is 20.1. The third-order valence-electron chi connectivity index (χ3n) is 11.7. The first-order valence-corrected chi connectivity index (χ1v) is 33.3. The molecule has 8 N–H and O–H groups in total. The zero-order chi connectivity index (χ0) is 83.1. The summed E-state index contributed by atoms with van der Waals surface area (Å²) in [5.74, 6) is -1.58. The number of nitrogens with one attached hydrogen (secondary N) is 1. The van der Waals surface area contributed by atoms with Gasteiger partial charge >= 0.3 is 58.4 Å². The van der Waals surface area contributed by atoms with Crippen molar-refractivity contribution in [3.05, 3.63) is 101 Å². The van der Waals surface area contributed by atoms with Gasteiger partial charge in [-0.2, -0.15) is 20.5 Å². The molecule has 0 unspecified atom stereocenters. The van der Waals surface area contributed by atoms with Gasteiger partial charge in [-0.1, -0.05) is 59.8 Å². The van der Waals surface area contributed by atoms with E-state index in [2.05, 4.69) is 101 Å². The van der Waals surface area contributed by atoms with Crippen LogP contribution in [0, 0.1) is 34.0 Å². The molecule has 2 aromatic carbocycles. The summed E-state index contributed by atoms with van der Waals surface area (Å²) in [4.78, 5) is 76.6. The van der Waals surface area contributed by atoms with Gasteiger partial charge in [0.25, 0.3) is 22.7 Å². The maximum atomic E-state index is 11.3. The Balaban J connectivity index is -0.00000114. The fourth-order valence-corrected chi connectivity index (χ4v) is 6.74. The molecule has 42 nitrogen and oxygen atoms in total. The van der Waals surface area contributed by atoms with Crippen LogP contribution in [-0.4, -0.2) is 309 Å². The van der Waals surface area contributed by atoms with Crippen LogP contribution in [0.3, 0.4) is 0 Å². The smallest absolute Gasteiger partial charge is 0.282 e. The number of aromatic nitrogens is 11. The van der Waals surface area contributed by atoms with Crippen molar-refractivity contribution in [2.24, 2.45) is 15.5 Å². The van der Waals surface area contributed by atoms with Crippen molar-refractivity contribution in [3.8, 4) is 18.2 Å². The van der Waals surface area contributed by atoms with Crippen LogP contribution in [0.4, 0.5) is 30.6 Å². The first-order chi connectivity index (χ1) is 51.4. The molecule has 5 aromatic heterocycles. The minimum absolute atomic E-state index is 0. The number of pyridine rings is 2. The van der Waals surface area contributed by atoms with Crippen LogP contribution in [0.1, 0.15) is 27.7 Å². The van der Waals surface area contributed by atoms with Crippen molar-refractivity contribution >= 4 is 117 Å². The number of hydrogen-bond donors (Lipinski definition) is 8. The van der Waals surface area contributed by atoms with E-state index in [1.165, 1.54) is 41.2 Å². The minimum Gasteiger partial charge on any atom is -1.00 e. The molecule has 608 valence electrons. The number of halogens is 8. The number of amides is 3. The quantitative estimate of drug-likeness (QED) is 0.00945. The number of oxime groups is 3. The molecule has 110 heavy (non-hydrogen) atoms. The van der Waals surface area contributed by atoms with E-state index < -0.39 is 54.1 Å². The zero-order valence-electron chi connectivity index (χ0n) is 60.5. The van der Waals surface area contributed by atoms with Crippen LogP contribution in [0.15, 0.2) is 105 Å². The van der Waals surface area contributed by atoms with E-state index in [9.17, 15) is 49.8 Å². The van der Waals surface area contributed by atoms with Crippen LogP contribution < -0.4 is 15.6 Å². The number of hydrogen-bond acceptors (Lipinski definition) is 33. The Hall–Kier alpha value is -12.1. The van der Waals surface area contributed by atoms with Crippen molar-refractivity contribution < 1.29 is 119 Å². The average Bonchev–Trinajstić information content (AvgIpc) is 1.70. The number of nitriles is 3. The Morgan fingerprint density at radius 2 is 1.07 bits per heavy atom. The molecule has 3 aliphatic rings.